The molecule has 0 aliphatic heterocycles. The van der Waals surface area contributed by atoms with Crippen molar-refractivity contribution in [2.24, 2.45) is 5.92 Å². The number of carbonyl (C=O) groups is 3. The Balaban J connectivity index is 1.21. The van der Waals surface area contributed by atoms with E-state index >= 15 is 0 Å². The lowest BCUT2D eigenvalue weighted by molar-refractivity contribution is -0.142. The molecular weight excluding hydrogens is 444 g/mol. The second-order valence-corrected chi connectivity index (χ2v) is 10.3. The Labute approximate surface area is 205 Å². The lowest BCUT2D eigenvalue weighted by Crippen LogP contribution is -2.51. The normalized spacial score (nSPS) is 18.9. The van der Waals surface area contributed by atoms with Crippen LogP contribution in [0.15, 0.2) is 48.5 Å². The fourth-order valence-electron chi connectivity index (χ4n) is 5.71. The van der Waals surface area contributed by atoms with Gasteiger partial charge in [-0.1, -0.05) is 74.2 Å². The molecule has 0 heterocycles. The number of alkyl carbamates (subject to hydrolysis) is 1. The van der Waals surface area contributed by atoms with Gasteiger partial charge < -0.3 is 20.5 Å². The summed E-state index contributed by atoms with van der Waals surface area (Å²) in [7, 11) is 0. The van der Waals surface area contributed by atoms with Crippen molar-refractivity contribution in [1.29, 1.82) is 0 Å². The molecule has 7 nitrogen and oxygen atoms in total. The summed E-state index contributed by atoms with van der Waals surface area (Å²) in [5.41, 5.74) is 3.93. The number of hydrogen-bond donors (Lipinski definition) is 3. The standard InChI is InChI=1S/C28H32N2O5/c31-25(29-24(26(32)33)15-18-11-12-18)16-28(13-5-6-14-28)30-27(34)35-17-23-21-9-3-1-7-19(21)20-8-2-4-10-22(20)23/h1-4,7-10,18,23-24H,5-6,11-17H2,(H,29,31)(H,30,34)(H,32,33). The van der Waals surface area contributed by atoms with Gasteiger partial charge in [0, 0.05) is 12.3 Å². The molecule has 0 bridgehead atoms. The largest absolute Gasteiger partial charge is 0.480 e. The summed E-state index contributed by atoms with van der Waals surface area (Å²) in [4.78, 5) is 37.2. The van der Waals surface area contributed by atoms with Crippen LogP contribution in [0.1, 0.15) is 68.4 Å². The van der Waals surface area contributed by atoms with Gasteiger partial charge in [0.25, 0.3) is 0 Å². The molecule has 0 saturated heterocycles. The number of benzene rings is 2. The van der Waals surface area contributed by atoms with E-state index in [9.17, 15) is 19.5 Å². The van der Waals surface area contributed by atoms with Crippen LogP contribution in [-0.2, 0) is 14.3 Å². The summed E-state index contributed by atoms with van der Waals surface area (Å²) in [6, 6.07) is 15.5. The number of ether oxygens (including phenoxy) is 1. The van der Waals surface area contributed by atoms with Crippen molar-refractivity contribution in [3.8, 4) is 11.1 Å². The lowest BCUT2D eigenvalue weighted by Gasteiger charge is -2.30. The zero-order valence-electron chi connectivity index (χ0n) is 19.8. The Bertz CT molecular complexity index is 1070. The van der Waals surface area contributed by atoms with Crippen molar-refractivity contribution in [3.63, 3.8) is 0 Å². The molecule has 1 atom stereocenters. The number of amides is 2. The van der Waals surface area contributed by atoms with Crippen molar-refractivity contribution in [2.45, 2.75) is 68.9 Å². The van der Waals surface area contributed by atoms with Crippen LogP contribution in [0.25, 0.3) is 11.1 Å². The van der Waals surface area contributed by atoms with E-state index < -0.39 is 23.6 Å². The summed E-state index contributed by atoms with van der Waals surface area (Å²) in [5, 5.41) is 15.1. The van der Waals surface area contributed by atoms with Crippen LogP contribution in [0.3, 0.4) is 0 Å². The van der Waals surface area contributed by atoms with E-state index in [0.717, 1.165) is 36.8 Å². The van der Waals surface area contributed by atoms with Crippen LogP contribution in [-0.4, -0.2) is 41.3 Å². The van der Waals surface area contributed by atoms with Crippen LogP contribution in [0.4, 0.5) is 4.79 Å². The van der Waals surface area contributed by atoms with Gasteiger partial charge in [-0.2, -0.15) is 0 Å². The van der Waals surface area contributed by atoms with E-state index in [1.165, 1.54) is 11.1 Å². The van der Waals surface area contributed by atoms with Crippen molar-refractivity contribution in [1.82, 2.24) is 10.6 Å². The first-order valence-corrected chi connectivity index (χ1v) is 12.6. The SMILES string of the molecule is O=C(CC1(NC(=O)OCC2c3ccccc3-c3ccccc32)CCCC1)NC(CC1CC1)C(=O)O. The first kappa shape index (κ1) is 23.4. The fourth-order valence-corrected chi connectivity index (χ4v) is 5.71. The van der Waals surface area contributed by atoms with Crippen molar-refractivity contribution in [3.05, 3.63) is 59.7 Å². The molecule has 3 aliphatic rings. The van der Waals surface area contributed by atoms with Crippen LogP contribution < -0.4 is 10.6 Å². The van der Waals surface area contributed by atoms with Gasteiger partial charge in [-0.25, -0.2) is 9.59 Å². The summed E-state index contributed by atoms with van der Waals surface area (Å²) in [6.45, 7) is 0.213. The second-order valence-electron chi connectivity index (χ2n) is 10.3. The maximum atomic E-state index is 12.9. The molecule has 7 heteroatoms. The smallest absolute Gasteiger partial charge is 0.407 e. The Morgan fingerprint density at radius 1 is 0.971 bits per heavy atom. The molecule has 2 aromatic rings. The summed E-state index contributed by atoms with van der Waals surface area (Å²) in [5.74, 6) is -0.986. The van der Waals surface area contributed by atoms with Crippen LogP contribution in [0.2, 0.25) is 0 Å². The van der Waals surface area contributed by atoms with Gasteiger partial charge in [0.1, 0.15) is 12.6 Å². The average molecular weight is 477 g/mol. The highest BCUT2D eigenvalue weighted by Gasteiger charge is 2.39. The quantitative estimate of drug-likeness (QED) is 0.491. The number of carbonyl (C=O) groups excluding carboxylic acids is 2. The molecular formula is C28H32N2O5. The molecule has 2 saturated carbocycles. The van der Waals surface area contributed by atoms with E-state index in [1.807, 2.05) is 24.3 Å². The number of carboxylic acids is 1. The number of rotatable bonds is 9. The number of fused-ring (bicyclic) bond motifs is 3. The molecule has 2 fully saturated rings. The van der Waals surface area contributed by atoms with Crippen molar-refractivity contribution in [2.75, 3.05) is 6.61 Å². The van der Waals surface area contributed by atoms with Crippen molar-refractivity contribution < 1.29 is 24.2 Å². The van der Waals surface area contributed by atoms with E-state index in [1.54, 1.807) is 0 Å². The molecule has 2 amide bonds. The highest BCUT2D eigenvalue weighted by molar-refractivity contribution is 5.85. The zero-order valence-corrected chi connectivity index (χ0v) is 19.8. The topological polar surface area (TPSA) is 105 Å². The first-order chi connectivity index (χ1) is 16.9. The second kappa shape index (κ2) is 9.72. The Hall–Kier alpha value is -3.35. The molecule has 3 N–H and O–H groups in total. The molecule has 35 heavy (non-hydrogen) atoms. The molecule has 5 rings (SSSR count). The monoisotopic (exact) mass is 476 g/mol. The minimum absolute atomic E-state index is 0.0327. The van der Waals surface area contributed by atoms with Crippen molar-refractivity contribution >= 4 is 18.0 Å². The molecule has 1 unspecified atom stereocenters. The minimum atomic E-state index is -1.00. The Kier molecular flexibility index (Phi) is 6.50. The van der Waals surface area contributed by atoms with E-state index in [2.05, 4.69) is 34.9 Å². The van der Waals surface area contributed by atoms with Crippen LogP contribution >= 0.6 is 0 Å². The van der Waals surface area contributed by atoms with Gasteiger partial charge in [0.15, 0.2) is 0 Å². The van der Waals surface area contributed by atoms with Crippen LogP contribution in [0, 0.1) is 5.92 Å². The van der Waals surface area contributed by atoms with Gasteiger partial charge in [-0.15, -0.1) is 0 Å². The number of hydrogen-bond acceptors (Lipinski definition) is 4. The maximum Gasteiger partial charge on any atom is 0.407 e. The first-order valence-electron chi connectivity index (χ1n) is 12.6. The van der Waals surface area contributed by atoms with Gasteiger partial charge in [-0.05, 0) is 47.4 Å². The van der Waals surface area contributed by atoms with E-state index in [-0.39, 0.29) is 24.9 Å². The van der Waals surface area contributed by atoms with Gasteiger partial charge in [0.2, 0.25) is 5.91 Å². The predicted molar refractivity (Wildman–Crippen MR) is 131 cm³/mol. The highest BCUT2D eigenvalue weighted by atomic mass is 16.5. The predicted octanol–water partition coefficient (Wildman–Crippen LogP) is 4.60. The minimum Gasteiger partial charge on any atom is -0.480 e. The molecule has 0 aromatic heterocycles. The van der Waals surface area contributed by atoms with Gasteiger partial charge in [0.05, 0.1) is 5.54 Å². The Morgan fingerprint density at radius 2 is 1.57 bits per heavy atom. The molecule has 3 aliphatic carbocycles. The maximum absolute atomic E-state index is 12.9. The summed E-state index contributed by atoms with van der Waals surface area (Å²) in [6.07, 6.45) is 5.19. The molecule has 0 radical (unpaired) electrons. The third-order valence-electron chi connectivity index (χ3n) is 7.67. The van der Waals surface area contributed by atoms with Gasteiger partial charge >= 0.3 is 12.1 Å². The third kappa shape index (κ3) is 5.19. The Morgan fingerprint density at radius 3 is 2.14 bits per heavy atom. The molecule has 184 valence electrons. The molecule has 0 spiro atoms. The third-order valence-corrected chi connectivity index (χ3v) is 7.67. The summed E-state index contributed by atoms with van der Waals surface area (Å²) >= 11 is 0. The highest BCUT2D eigenvalue weighted by Crippen LogP contribution is 2.44. The number of aliphatic carboxylic acids is 1. The van der Waals surface area contributed by atoms with Gasteiger partial charge in [-0.3, -0.25) is 4.79 Å². The number of nitrogens with one attached hydrogen (secondary N) is 2. The van der Waals surface area contributed by atoms with E-state index in [0.29, 0.717) is 25.2 Å². The lowest BCUT2D eigenvalue weighted by atomic mass is 9.92. The molecule has 2 aromatic carbocycles. The zero-order chi connectivity index (χ0) is 24.4. The fraction of sp³-hybridized carbons (Fsp3) is 0.464. The van der Waals surface area contributed by atoms with E-state index in [4.69, 9.17) is 4.74 Å². The number of carboxylic acid groups (broad SMARTS) is 1. The summed E-state index contributed by atoms with van der Waals surface area (Å²) < 4.78 is 5.71. The average Bonchev–Trinajstić information content (AvgIpc) is 3.45. The van der Waals surface area contributed by atoms with Crippen LogP contribution in [0.5, 0.6) is 0 Å².